The number of alkyl halides is 6. The summed E-state index contributed by atoms with van der Waals surface area (Å²) < 4.78 is 82.2. The highest BCUT2D eigenvalue weighted by Gasteiger charge is 2.72. The largest absolute Gasteiger partial charge is 0.433 e. The molecule has 2 aromatic rings. The maximum absolute atomic E-state index is 14.6. The van der Waals surface area contributed by atoms with E-state index in [0.717, 1.165) is 24.5 Å². The van der Waals surface area contributed by atoms with E-state index in [-0.39, 0.29) is 0 Å². The molecule has 1 unspecified atom stereocenters. The third-order valence-electron chi connectivity index (χ3n) is 2.91. The number of halogens is 6. The van der Waals surface area contributed by atoms with Gasteiger partial charge in [0.15, 0.2) is 0 Å². The van der Waals surface area contributed by atoms with Gasteiger partial charge in [-0.3, -0.25) is 9.97 Å². The van der Waals surface area contributed by atoms with Crippen molar-refractivity contribution in [3.8, 4) is 0 Å². The maximum Gasteiger partial charge on any atom is 0.433 e. The molecule has 2 nitrogen and oxygen atoms in total. The lowest BCUT2D eigenvalue weighted by atomic mass is 9.86. The van der Waals surface area contributed by atoms with Crippen LogP contribution in [-0.4, -0.2) is 16.1 Å². The summed E-state index contributed by atoms with van der Waals surface area (Å²) in [5.74, 6) is -4.86. The van der Waals surface area contributed by atoms with Crippen LogP contribution in [0.5, 0.6) is 0 Å². The number of aromatic nitrogens is 2. The summed E-state index contributed by atoms with van der Waals surface area (Å²) in [7, 11) is 0. The molecule has 0 aromatic carbocycles. The molecule has 0 aliphatic rings. The van der Waals surface area contributed by atoms with Crippen molar-refractivity contribution in [2.45, 2.75) is 17.8 Å². The van der Waals surface area contributed by atoms with Crippen LogP contribution in [0.1, 0.15) is 11.1 Å². The Hall–Kier alpha value is -2.12. The summed E-state index contributed by atoms with van der Waals surface area (Å²) in [6.45, 7) is 0. The molecule has 0 N–H and O–H groups in total. The minimum Gasteiger partial charge on any atom is -0.264 e. The zero-order chi connectivity index (χ0) is 15.7. The second-order valence-corrected chi connectivity index (χ2v) is 4.21. The lowest BCUT2D eigenvalue weighted by Gasteiger charge is -2.35. The van der Waals surface area contributed by atoms with Crippen LogP contribution in [0.4, 0.5) is 26.3 Å². The molecule has 0 spiro atoms. The monoisotopic (exact) mass is 306 g/mol. The molecule has 0 aliphatic heterocycles. The lowest BCUT2D eigenvalue weighted by Crippen LogP contribution is -2.51. The third kappa shape index (κ3) is 2.34. The highest BCUT2D eigenvalue weighted by molar-refractivity contribution is 5.31. The number of pyridine rings is 2. The van der Waals surface area contributed by atoms with E-state index in [1.54, 1.807) is 0 Å². The van der Waals surface area contributed by atoms with Crippen molar-refractivity contribution in [3.63, 3.8) is 0 Å². The van der Waals surface area contributed by atoms with Crippen LogP contribution in [0.25, 0.3) is 0 Å². The van der Waals surface area contributed by atoms with Gasteiger partial charge in [-0.2, -0.15) is 22.0 Å². The minimum atomic E-state index is -5.84. The first-order chi connectivity index (χ1) is 9.71. The minimum absolute atomic E-state index is 0.428. The van der Waals surface area contributed by atoms with Gasteiger partial charge in [0.1, 0.15) is 0 Å². The molecule has 0 fully saturated rings. The van der Waals surface area contributed by atoms with Gasteiger partial charge in [0.2, 0.25) is 0 Å². The topological polar surface area (TPSA) is 25.8 Å². The fourth-order valence-corrected chi connectivity index (χ4v) is 1.84. The van der Waals surface area contributed by atoms with E-state index in [0.29, 0.717) is 24.5 Å². The fourth-order valence-electron chi connectivity index (χ4n) is 1.84. The van der Waals surface area contributed by atoms with Gasteiger partial charge in [0, 0.05) is 35.9 Å². The van der Waals surface area contributed by atoms with Gasteiger partial charge in [-0.15, -0.1) is 0 Å². The highest BCUT2D eigenvalue weighted by atomic mass is 19.4. The Kier molecular flexibility index (Phi) is 3.65. The third-order valence-corrected chi connectivity index (χ3v) is 2.91. The molecule has 8 heteroatoms. The van der Waals surface area contributed by atoms with Crippen molar-refractivity contribution < 1.29 is 26.3 Å². The van der Waals surface area contributed by atoms with Crippen LogP contribution in [0, 0.1) is 0 Å². The van der Waals surface area contributed by atoms with Crippen molar-refractivity contribution in [3.05, 3.63) is 60.2 Å². The van der Waals surface area contributed by atoms with Gasteiger partial charge < -0.3 is 0 Å². The quantitative estimate of drug-likeness (QED) is 0.801. The van der Waals surface area contributed by atoms with Crippen molar-refractivity contribution in [1.82, 2.24) is 9.97 Å². The Balaban J connectivity index is 2.67. The summed E-state index contributed by atoms with van der Waals surface area (Å²) in [5, 5.41) is 0. The van der Waals surface area contributed by atoms with Crippen LogP contribution in [-0.2, 0) is 11.6 Å². The molecule has 1 atom stereocenters. The number of hydrogen-bond acceptors (Lipinski definition) is 2. The number of hydrogen-bond donors (Lipinski definition) is 0. The van der Waals surface area contributed by atoms with E-state index in [1.807, 2.05) is 0 Å². The molecule has 0 amide bonds. The van der Waals surface area contributed by atoms with Crippen molar-refractivity contribution in [2.24, 2.45) is 0 Å². The summed E-state index contributed by atoms with van der Waals surface area (Å²) in [6.07, 6.45) is -2.76. The van der Waals surface area contributed by atoms with Crippen LogP contribution in [0.3, 0.4) is 0 Å². The molecule has 0 saturated heterocycles. The predicted molar refractivity (Wildman–Crippen MR) is 61.2 cm³/mol. The van der Waals surface area contributed by atoms with Crippen LogP contribution < -0.4 is 0 Å². The number of nitrogens with zero attached hydrogens (tertiary/aromatic N) is 2. The van der Waals surface area contributed by atoms with E-state index >= 15 is 0 Å². The first-order valence-corrected chi connectivity index (χ1v) is 5.65. The fraction of sp³-hybridized carbons (Fsp3) is 0.231. The molecule has 0 radical (unpaired) electrons. The van der Waals surface area contributed by atoms with E-state index < -0.39 is 28.9 Å². The molecule has 0 saturated carbocycles. The van der Waals surface area contributed by atoms with E-state index in [2.05, 4.69) is 9.97 Å². The molecule has 2 rings (SSSR count). The summed E-state index contributed by atoms with van der Waals surface area (Å²) in [5.41, 5.74) is -7.35. The Bertz CT molecular complexity index is 599. The van der Waals surface area contributed by atoms with Gasteiger partial charge in [-0.25, -0.2) is 4.39 Å². The second kappa shape index (κ2) is 5.01. The van der Waals surface area contributed by atoms with Crippen LogP contribution >= 0.6 is 0 Å². The smallest absolute Gasteiger partial charge is 0.264 e. The van der Waals surface area contributed by atoms with Crippen LogP contribution in [0.15, 0.2) is 49.1 Å². The van der Waals surface area contributed by atoms with Gasteiger partial charge in [0.25, 0.3) is 5.67 Å². The normalized spacial score (nSPS) is 15.5. The van der Waals surface area contributed by atoms with Gasteiger partial charge in [-0.1, -0.05) is 6.07 Å². The second-order valence-electron chi connectivity index (χ2n) is 4.21. The van der Waals surface area contributed by atoms with Crippen LogP contribution in [0.2, 0.25) is 0 Å². The zero-order valence-corrected chi connectivity index (χ0v) is 10.3. The Morgan fingerprint density at radius 3 is 1.57 bits per heavy atom. The molecule has 0 aliphatic carbocycles. The van der Waals surface area contributed by atoms with E-state index in [9.17, 15) is 26.3 Å². The SMILES string of the molecule is FC(F)(F)C(F)(c1cccnc1)C(F)(F)c1cccnc1. The summed E-state index contributed by atoms with van der Waals surface area (Å²) in [4.78, 5) is 6.59. The molecule has 112 valence electrons. The molecule has 2 heterocycles. The highest BCUT2D eigenvalue weighted by Crippen LogP contribution is 2.56. The van der Waals surface area contributed by atoms with E-state index in [4.69, 9.17) is 0 Å². The first kappa shape index (κ1) is 15.3. The molecular formula is C13H8F6N2. The Labute approximate surface area is 115 Å². The van der Waals surface area contributed by atoms with Crippen molar-refractivity contribution >= 4 is 0 Å². The van der Waals surface area contributed by atoms with Gasteiger partial charge in [-0.05, 0) is 18.2 Å². The summed E-state index contributed by atoms with van der Waals surface area (Å²) >= 11 is 0. The van der Waals surface area contributed by atoms with Gasteiger partial charge >= 0.3 is 12.1 Å². The zero-order valence-electron chi connectivity index (χ0n) is 10.3. The Morgan fingerprint density at radius 1 is 0.714 bits per heavy atom. The number of rotatable bonds is 3. The average Bonchev–Trinajstić information content (AvgIpc) is 2.47. The van der Waals surface area contributed by atoms with Crippen molar-refractivity contribution in [2.75, 3.05) is 0 Å². The first-order valence-electron chi connectivity index (χ1n) is 5.65. The predicted octanol–water partition coefficient (Wildman–Crippen LogP) is 4.00. The summed E-state index contributed by atoms with van der Waals surface area (Å²) in [6, 6.07) is 3.26. The average molecular weight is 306 g/mol. The lowest BCUT2D eigenvalue weighted by molar-refractivity contribution is -0.314. The molecule has 2 aromatic heterocycles. The molecular weight excluding hydrogens is 298 g/mol. The standard InChI is InChI=1S/C13H8F6N2/c14-11(13(17,18)19,9-3-1-5-20-7-9)12(15,16)10-4-2-6-21-8-10/h1-8H. The maximum atomic E-state index is 14.6. The molecule has 0 bridgehead atoms. The Morgan fingerprint density at radius 2 is 1.19 bits per heavy atom. The molecule has 21 heavy (non-hydrogen) atoms. The van der Waals surface area contributed by atoms with Gasteiger partial charge in [0.05, 0.1) is 0 Å². The van der Waals surface area contributed by atoms with E-state index in [1.165, 1.54) is 0 Å². The van der Waals surface area contributed by atoms with Crippen molar-refractivity contribution in [1.29, 1.82) is 0 Å².